The van der Waals surface area contributed by atoms with E-state index in [1.807, 2.05) is 0 Å². The Morgan fingerprint density at radius 2 is 1.35 bits per heavy atom. The Labute approximate surface area is 127 Å². The molecule has 0 aromatic heterocycles. The molecule has 1 heteroatoms. The van der Waals surface area contributed by atoms with Crippen molar-refractivity contribution in [2.24, 2.45) is 5.41 Å². The van der Waals surface area contributed by atoms with Crippen molar-refractivity contribution in [3.05, 3.63) is 0 Å². The molecule has 1 aliphatic rings. The highest BCUT2D eigenvalue weighted by Gasteiger charge is 2.33. The molecule has 1 aliphatic carbocycles. The van der Waals surface area contributed by atoms with Crippen molar-refractivity contribution >= 4 is 0 Å². The largest absolute Gasteiger partial charge is 0.390 e. The summed E-state index contributed by atoms with van der Waals surface area (Å²) in [7, 11) is 0. The van der Waals surface area contributed by atoms with E-state index in [0.29, 0.717) is 5.41 Å². The quantitative estimate of drug-likeness (QED) is 0.392. The predicted molar refractivity (Wildman–Crippen MR) is 89.0 cm³/mol. The van der Waals surface area contributed by atoms with E-state index in [4.69, 9.17) is 0 Å². The van der Waals surface area contributed by atoms with E-state index in [2.05, 4.69) is 20.8 Å². The molecule has 0 bridgehead atoms. The minimum atomic E-state index is -0.337. The molecule has 0 aromatic rings. The zero-order valence-corrected chi connectivity index (χ0v) is 14.3. The fraction of sp³-hybridized carbons (Fsp3) is 1.00. The lowest BCUT2D eigenvalue weighted by atomic mass is 9.83. The minimum Gasteiger partial charge on any atom is -0.390 e. The molecule has 0 saturated heterocycles. The molecule has 1 nitrogen and oxygen atoms in total. The van der Waals surface area contributed by atoms with E-state index in [-0.39, 0.29) is 5.60 Å². The lowest BCUT2D eigenvalue weighted by Gasteiger charge is -2.28. The lowest BCUT2D eigenvalue weighted by molar-refractivity contribution is 0.0115. The highest BCUT2D eigenvalue weighted by atomic mass is 16.3. The van der Waals surface area contributed by atoms with Crippen LogP contribution in [0, 0.1) is 5.41 Å². The molecule has 1 rings (SSSR count). The molecule has 120 valence electrons. The first-order valence-corrected chi connectivity index (χ1v) is 9.20. The van der Waals surface area contributed by atoms with Gasteiger partial charge in [0, 0.05) is 0 Å². The first-order valence-electron chi connectivity index (χ1n) is 9.20. The molecule has 20 heavy (non-hydrogen) atoms. The van der Waals surface area contributed by atoms with Crippen molar-refractivity contribution < 1.29 is 5.11 Å². The van der Waals surface area contributed by atoms with Crippen LogP contribution < -0.4 is 0 Å². The summed E-state index contributed by atoms with van der Waals surface area (Å²) in [5.41, 5.74) is 0.111. The number of unbranched alkanes of at least 4 members (excludes halogenated alkanes) is 7. The van der Waals surface area contributed by atoms with Gasteiger partial charge < -0.3 is 5.11 Å². The van der Waals surface area contributed by atoms with Crippen LogP contribution in [0.1, 0.15) is 111 Å². The average molecular weight is 283 g/mol. The Morgan fingerprint density at radius 1 is 0.750 bits per heavy atom. The molecule has 0 amide bonds. The van der Waals surface area contributed by atoms with Crippen LogP contribution in [-0.2, 0) is 0 Å². The van der Waals surface area contributed by atoms with Gasteiger partial charge in [0.15, 0.2) is 0 Å². The zero-order chi connectivity index (χ0) is 14.9. The van der Waals surface area contributed by atoms with Crippen LogP contribution >= 0.6 is 0 Å². The van der Waals surface area contributed by atoms with E-state index in [9.17, 15) is 5.11 Å². The Balaban J connectivity index is 2.08. The summed E-state index contributed by atoms with van der Waals surface area (Å²) in [5.74, 6) is 0. The van der Waals surface area contributed by atoms with E-state index in [1.54, 1.807) is 0 Å². The molecule has 0 spiro atoms. The fourth-order valence-corrected chi connectivity index (χ4v) is 3.56. The van der Waals surface area contributed by atoms with Crippen molar-refractivity contribution in [3.63, 3.8) is 0 Å². The maximum absolute atomic E-state index is 10.8. The van der Waals surface area contributed by atoms with Gasteiger partial charge in [-0.3, -0.25) is 0 Å². The normalized spacial score (nSPS) is 26.4. The zero-order valence-electron chi connectivity index (χ0n) is 14.3. The minimum absolute atomic E-state index is 0.337. The first-order chi connectivity index (χ1) is 9.47. The maximum atomic E-state index is 10.8. The summed E-state index contributed by atoms with van der Waals surface area (Å²) >= 11 is 0. The van der Waals surface area contributed by atoms with Crippen molar-refractivity contribution in [3.8, 4) is 0 Å². The standard InChI is InChI=1S/C19H38O/c1-4-5-6-7-8-9-10-11-14-19(20)15-12-13-18(2,3)16-17-19/h20H,4-17H2,1-3H3. The molecular formula is C19H38O. The third-order valence-corrected chi connectivity index (χ3v) is 5.26. The van der Waals surface area contributed by atoms with Gasteiger partial charge in [-0.05, 0) is 37.5 Å². The first kappa shape index (κ1) is 18.0. The van der Waals surface area contributed by atoms with Crippen LogP contribution in [0.25, 0.3) is 0 Å². The van der Waals surface area contributed by atoms with Crippen molar-refractivity contribution in [2.45, 2.75) is 116 Å². The van der Waals surface area contributed by atoms with Crippen LogP contribution in [0.15, 0.2) is 0 Å². The van der Waals surface area contributed by atoms with Gasteiger partial charge in [-0.2, -0.15) is 0 Å². The summed E-state index contributed by atoms with van der Waals surface area (Å²) in [6.07, 6.45) is 17.6. The molecule has 1 unspecified atom stereocenters. The molecule has 1 N–H and O–H groups in total. The maximum Gasteiger partial charge on any atom is 0.0648 e. The average Bonchev–Trinajstić information content (AvgIpc) is 2.53. The third-order valence-electron chi connectivity index (χ3n) is 5.26. The van der Waals surface area contributed by atoms with Gasteiger partial charge in [0.1, 0.15) is 0 Å². The van der Waals surface area contributed by atoms with Crippen molar-refractivity contribution in [1.29, 1.82) is 0 Å². The van der Waals surface area contributed by atoms with E-state index in [0.717, 1.165) is 19.3 Å². The summed E-state index contributed by atoms with van der Waals surface area (Å²) in [5, 5.41) is 10.8. The SMILES string of the molecule is CCCCCCCCCCC1(O)CCCC(C)(C)CC1. The van der Waals surface area contributed by atoms with E-state index >= 15 is 0 Å². The molecule has 0 heterocycles. The monoisotopic (exact) mass is 282 g/mol. The smallest absolute Gasteiger partial charge is 0.0648 e. The number of aliphatic hydroxyl groups is 1. The third kappa shape index (κ3) is 7.67. The highest BCUT2D eigenvalue weighted by molar-refractivity contribution is 4.86. The van der Waals surface area contributed by atoms with Gasteiger partial charge in [0.2, 0.25) is 0 Å². The topological polar surface area (TPSA) is 20.2 Å². The Kier molecular flexibility index (Phi) is 8.17. The molecule has 1 fully saturated rings. The summed E-state index contributed by atoms with van der Waals surface area (Å²) in [6, 6.07) is 0. The van der Waals surface area contributed by atoms with Gasteiger partial charge in [-0.15, -0.1) is 0 Å². The van der Waals surface area contributed by atoms with Crippen LogP contribution in [0.2, 0.25) is 0 Å². The van der Waals surface area contributed by atoms with Gasteiger partial charge >= 0.3 is 0 Å². The van der Waals surface area contributed by atoms with Crippen LogP contribution in [0.3, 0.4) is 0 Å². The van der Waals surface area contributed by atoms with Crippen molar-refractivity contribution in [1.82, 2.24) is 0 Å². The lowest BCUT2D eigenvalue weighted by Crippen LogP contribution is -2.28. The fourth-order valence-electron chi connectivity index (χ4n) is 3.56. The second-order valence-corrected chi connectivity index (χ2v) is 7.97. The Hall–Kier alpha value is -0.0400. The molecule has 1 atom stereocenters. The van der Waals surface area contributed by atoms with Gasteiger partial charge in [-0.1, -0.05) is 78.6 Å². The van der Waals surface area contributed by atoms with Crippen LogP contribution in [-0.4, -0.2) is 10.7 Å². The van der Waals surface area contributed by atoms with E-state index in [1.165, 1.54) is 70.6 Å². The molecular weight excluding hydrogens is 244 g/mol. The summed E-state index contributed by atoms with van der Waals surface area (Å²) in [6.45, 7) is 6.98. The summed E-state index contributed by atoms with van der Waals surface area (Å²) < 4.78 is 0. The number of rotatable bonds is 9. The van der Waals surface area contributed by atoms with Crippen LogP contribution in [0.4, 0.5) is 0 Å². The van der Waals surface area contributed by atoms with Gasteiger partial charge in [0.05, 0.1) is 5.60 Å². The van der Waals surface area contributed by atoms with Gasteiger partial charge in [0.25, 0.3) is 0 Å². The van der Waals surface area contributed by atoms with Crippen molar-refractivity contribution in [2.75, 3.05) is 0 Å². The number of hydrogen-bond acceptors (Lipinski definition) is 1. The van der Waals surface area contributed by atoms with E-state index < -0.39 is 0 Å². The molecule has 1 saturated carbocycles. The molecule has 0 aromatic carbocycles. The van der Waals surface area contributed by atoms with Gasteiger partial charge in [-0.25, -0.2) is 0 Å². The Morgan fingerprint density at radius 3 is 2.00 bits per heavy atom. The molecule has 0 aliphatic heterocycles. The second kappa shape index (κ2) is 9.07. The molecule has 0 radical (unpaired) electrons. The number of hydrogen-bond donors (Lipinski definition) is 1. The summed E-state index contributed by atoms with van der Waals surface area (Å²) in [4.78, 5) is 0. The van der Waals surface area contributed by atoms with Crippen LogP contribution in [0.5, 0.6) is 0 Å². The predicted octanol–water partition coefficient (Wildman–Crippen LogP) is 6.24. The second-order valence-electron chi connectivity index (χ2n) is 7.97. The Bertz CT molecular complexity index is 246. The highest BCUT2D eigenvalue weighted by Crippen LogP contribution is 2.40.